The minimum absolute atomic E-state index is 0.0485. The molecular weight excluding hydrogens is 316 g/mol. The minimum atomic E-state index is -0.171. The number of hydrogen-bond acceptors (Lipinski definition) is 3. The Morgan fingerprint density at radius 3 is 2.64 bits per heavy atom. The average Bonchev–Trinajstić information content (AvgIpc) is 2.92. The predicted octanol–water partition coefficient (Wildman–Crippen LogP) is 3.19. The van der Waals surface area contributed by atoms with E-state index in [1.807, 2.05) is 25.2 Å². The van der Waals surface area contributed by atoms with Crippen molar-refractivity contribution in [3.05, 3.63) is 59.8 Å². The number of ether oxygens (including phenoxy) is 2. The molecule has 0 aliphatic carbocycles. The van der Waals surface area contributed by atoms with E-state index in [1.165, 1.54) is 16.6 Å². The molecule has 0 bridgehead atoms. The number of benzene rings is 2. The molecule has 25 heavy (non-hydrogen) atoms. The van der Waals surface area contributed by atoms with Crippen molar-refractivity contribution in [1.29, 1.82) is 0 Å². The zero-order valence-electron chi connectivity index (χ0n) is 14.7. The number of nitrogens with zero attached hydrogens (tertiary/aromatic N) is 1. The average molecular weight is 338 g/mol. The van der Waals surface area contributed by atoms with Gasteiger partial charge in [0.15, 0.2) is 18.1 Å². The lowest BCUT2D eigenvalue weighted by molar-refractivity contribution is -0.123. The molecule has 0 unspecified atom stereocenters. The summed E-state index contributed by atoms with van der Waals surface area (Å²) in [6, 6.07) is 15.6. The van der Waals surface area contributed by atoms with E-state index in [4.69, 9.17) is 9.47 Å². The molecule has 0 saturated heterocycles. The van der Waals surface area contributed by atoms with Gasteiger partial charge < -0.3 is 19.4 Å². The standard InChI is InChI=1S/C20H22N2O3/c1-14-10-16-11-15(8-9-17(16)22(14)2)12-21-20(23)13-25-19-7-5-4-6-18(19)24-3/h4-11H,12-13H2,1-3H3,(H,21,23). The van der Waals surface area contributed by atoms with Crippen molar-refractivity contribution in [2.45, 2.75) is 13.5 Å². The summed E-state index contributed by atoms with van der Waals surface area (Å²) >= 11 is 0. The van der Waals surface area contributed by atoms with Gasteiger partial charge in [-0.05, 0) is 42.8 Å². The fraction of sp³-hybridized carbons (Fsp3) is 0.250. The van der Waals surface area contributed by atoms with Crippen LogP contribution in [0.3, 0.4) is 0 Å². The molecule has 0 fully saturated rings. The molecule has 5 heteroatoms. The van der Waals surface area contributed by atoms with Gasteiger partial charge in [-0.1, -0.05) is 18.2 Å². The van der Waals surface area contributed by atoms with Gasteiger partial charge in [0.2, 0.25) is 0 Å². The number of rotatable bonds is 6. The Balaban J connectivity index is 1.57. The molecule has 0 spiro atoms. The van der Waals surface area contributed by atoms with Gasteiger partial charge in [0.1, 0.15) is 0 Å². The molecule has 2 aromatic carbocycles. The largest absolute Gasteiger partial charge is 0.493 e. The molecule has 5 nitrogen and oxygen atoms in total. The first-order chi connectivity index (χ1) is 12.1. The van der Waals surface area contributed by atoms with Crippen molar-refractivity contribution >= 4 is 16.8 Å². The van der Waals surface area contributed by atoms with Crippen LogP contribution in [0.1, 0.15) is 11.3 Å². The van der Waals surface area contributed by atoms with Crippen molar-refractivity contribution in [1.82, 2.24) is 9.88 Å². The second kappa shape index (κ2) is 7.30. The van der Waals surface area contributed by atoms with E-state index in [0.717, 1.165) is 5.56 Å². The second-order valence-electron chi connectivity index (χ2n) is 5.95. The minimum Gasteiger partial charge on any atom is -0.493 e. The summed E-state index contributed by atoms with van der Waals surface area (Å²) in [7, 11) is 3.62. The van der Waals surface area contributed by atoms with Gasteiger partial charge in [-0.3, -0.25) is 4.79 Å². The van der Waals surface area contributed by atoms with Gasteiger partial charge in [0, 0.05) is 30.2 Å². The molecular formula is C20H22N2O3. The molecule has 3 rings (SSSR count). The topological polar surface area (TPSA) is 52.5 Å². The number of carbonyl (C=O) groups excluding carboxylic acids is 1. The molecule has 1 N–H and O–H groups in total. The van der Waals surface area contributed by atoms with Crippen molar-refractivity contribution in [3.8, 4) is 11.5 Å². The van der Waals surface area contributed by atoms with E-state index < -0.39 is 0 Å². The smallest absolute Gasteiger partial charge is 0.258 e. The Morgan fingerprint density at radius 2 is 1.88 bits per heavy atom. The molecule has 1 amide bonds. The van der Waals surface area contributed by atoms with Crippen LogP contribution < -0.4 is 14.8 Å². The van der Waals surface area contributed by atoms with Crippen LogP contribution in [0, 0.1) is 6.92 Å². The van der Waals surface area contributed by atoms with Crippen LogP contribution >= 0.6 is 0 Å². The van der Waals surface area contributed by atoms with Gasteiger partial charge in [-0.25, -0.2) is 0 Å². The highest BCUT2D eigenvalue weighted by molar-refractivity contribution is 5.82. The summed E-state index contributed by atoms with van der Waals surface area (Å²) < 4.78 is 12.9. The molecule has 0 atom stereocenters. The van der Waals surface area contributed by atoms with E-state index in [0.29, 0.717) is 18.0 Å². The molecule has 1 heterocycles. The highest BCUT2D eigenvalue weighted by atomic mass is 16.5. The Labute approximate surface area is 147 Å². The van der Waals surface area contributed by atoms with E-state index in [1.54, 1.807) is 19.2 Å². The van der Waals surface area contributed by atoms with Gasteiger partial charge in [0.25, 0.3) is 5.91 Å². The van der Waals surface area contributed by atoms with Gasteiger partial charge in [0.05, 0.1) is 7.11 Å². The fourth-order valence-electron chi connectivity index (χ4n) is 2.78. The number of para-hydroxylation sites is 2. The molecule has 0 saturated carbocycles. The highest BCUT2D eigenvalue weighted by Gasteiger charge is 2.08. The van der Waals surface area contributed by atoms with Crippen molar-refractivity contribution < 1.29 is 14.3 Å². The first-order valence-electron chi connectivity index (χ1n) is 8.16. The van der Waals surface area contributed by atoms with Crippen LogP contribution in [-0.2, 0) is 18.4 Å². The van der Waals surface area contributed by atoms with Crippen molar-refractivity contribution in [2.24, 2.45) is 7.05 Å². The van der Waals surface area contributed by atoms with Crippen LogP contribution in [0.15, 0.2) is 48.5 Å². The summed E-state index contributed by atoms with van der Waals surface area (Å²) in [5, 5.41) is 4.06. The zero-order chi connectivity index (χ0) is 17.8. The van der Waals surface area contributed by atoms with Gasteiger partial charge in [-0.15, -0.1) is 0 Å². The molecule has 3 aromatic rings. The normalized spacial score (nSPS) is 10.7. The first kappa shape index (κ1) is 16.9. The van der Waals surface area contributed by atoms with E-state index >= 15 is 0 Å². The Kier molecular flexibility index (Phi) is 4.93. The molecule has 1 aromatic heterocycles. The number of nitrogens with one attached hydrogen (secondary N) is 1. The maximum absolute atomic E-state index is 12.0. The zero-order valence-corrected chi connectivity index (χ0v) is 14.7. The van der Waals surface area contributed by atoms with E-state index in [9.17, 15) is 4.79 Å². The number of methoxy groups -OCH3 is 1. The van der Waals surface area contributed by atoms with Crippen LogP contribution in [-0.4, -0.2) is 24.2 Å². The third-order valence-corrected chi connectivity index (χ3v) is 4.26. The van der Waals surface area contributed by atoms with Crippen molar-refractivity contribution in [2.75, 3.05) is 13.7 Å². The van der Waals surface area contributed by atoms with Crippen LogP contribution in [0.4, 0.5) is 0 Å². The lowest BCUT2D eigenvalue weighted by Gasteiger charge is -2.10. The number of amides is 1. The van der Waals surface area contributed by atoms with E-state index in [-0.39, 0.29) is 12.5 Å². The summed E-state index contributed by atoms with van der Waals surface area (Å²) in [6.07, 6.45) is 0. The lowest BCUT2D eigenvalue weighted by Crippen LogP contribution is -2.28. The number of aryl methyl sites for hydroxylation is 2. The summed E-state index contributed by atoms with van der Waals surface area (Å²) in [4.78, 5) is 12.0. The third-order valence-electron chi connectivity index (χ3n) is 4.26. The Bertz CT molecular complexity index is 899. The molecule has 0 aliphatic heterocycles. The Morgan fingerprint density at radius 1 is 1.12 bits per heavy atom. The number of hydrogen-bond donors (Lipinski definition) is 1. The maximum Gasteiger partial charge on any atom is 0.258 e. The fourth-order valence-corrected chi connectivity index (χ4v) is 2.78. The quantitative estimate of drug-likeness (QED) is 0.751. The molecule has 0 aliphatic rings. The van der Waals surface area contributed by atoms with Crippen molar-refractivity contribution in [3.63, 3.8) is 0 Å². The number of fused-ring (bicyclic) bond motifs is 1. The number of carbonyl (C=O) groups is 1. The van der Waals surface area contributed by atoms with Gasteiger partial charge >= 0.3 is 0 Å². The molecule has 0 radical (unpaired) electrons. The maximum atomic E-state index is 12.0. The van der Waals surface area contributed by atoms with E-state index in [2.05, 4.69) is 35.0 Å². The monoisotopic (exact) mass is 338 g/mol. The lowest BCUT2D eigenvalue weighted by atomic mass is 10.1. The highest BCUT2D eigenvalue weighted by Crippen LogP contribution is 2.25. The first-order valence-corrected chi connectivity index (χ1v) is 8.16. The SMILES string of the molecule is COc1ccccc1OCC(=O)NCc1ccc2c(c1)cc(C)n2C. The second-order valence-corrected chi connectivity index (χ2v) is 5.95. The van der Waals surface area contributed by atoms with Crippen LogP contribution in [0.25, 0.3) is 10.9 Å². The van der Waals surface area contributed by atoms with Crippen LogP contribution in [0.5, 0.6) is 11.5 Å². The summed E-state index contributed by atoms with van der Waals surface area (Å²) in [6.45, 7) is 2.50. The predicted molar refractivity (Wildman–Crippen MR) is 98.0 cm³/mol. The Hall–Kier alpha value is -2.95. The number of aromatic nitrogens is 1. The molecule has 130 valence electrons. The van der Waals surface area contributed by atoms with Gasteiger partial charge in [-0.2, -0.15) is 0 Å². The summed E-state index contributed by atoms with van der Waals surface area (Å²) in [5.74, 6) is 0.997. The third kappa shape index (κ3) is 3.76. The van der Waals surface area contributed by atoms with Crippen LogP contribution in [0.2, 0.25) is 0 Å². The summed E-state index contributed by atoms with van der Waals surface area (Å²) in [5.41, 5.74) is 3.46.